The Kier molecular flexibility index (Phi) is 6.06. The number of rotatable bonds is 5. The third-order valence-corrected chi connectivity index (χ3v) is 4.78. The largest absolute Gasteiger partial charge is 0.353 e. The van der Waals surface area contributed by atoms with Gasteiger partial charge in [-0.05, 0) is 35.7 Å². The zero-order chi connectivity index (χ0) is 19.2. The van der Waals surface area contributed by atoms with E-state index >= 15 is 0 Å². The first-order valence-electron chi connectivity index (χ1n) is 9.36. The number of benzene rings is 1. The SMILES string of the molecule is CC(C)c1ccc(NC(=O)CC(=O)N2CCN(c3ccccn3)CC2)cc1. The monoisotopic (exact) mass is 366 g/mol. The normalized spacial score (nSPS) is 14.3. The van der Waals surface area contributed by atoms with Crippen molar-refractivity contribution in [1.82, 2.24) is 9.88 Å². The molecular formula is C21H26N4O2. The van der Waals surface area contributed by atoms with Gasteiger partial charge in [0.25, 0.3) is 0 Å². The molecule has 142 valence electrons. The van der Waals surface area contributed by atoms with Crippen molar-refractivity contribution in [2.45, 2.75) is 26.2 Å². The lowest BCUT2D eigenvalue weighted by Crippen LogP contribution is -2.49. The quantitative estimate of drug-likeness (QED) is 0.827. The molecule has 0 saturated carbocycles. The number of amides is 2. The predicted octanol–water partition coefficient (Wildman–Crippen LogP) is 2.88. The van der Waals surface area contributed by atoms with Gasteiger partial charge in [0, 0.05) is 38.1 Å². The van der Waals surface area contributed by atoms with E-state index in [0.717, 1.165) is 24.6 Å². The van der Waals surface area contributed by atoms with Crippen LogP contribution in [0, 0.1) is 0 Å². The Morgan fingerprint density at radius 2 is 1.74 bits per heavy atom. The maximum Gasteiger partial charge on any atom is 0.233 e. The van der Waals surface area contributed by atoms with E-state index in [2.05, 4.69) is 29.0 Å². The van der Waals surface area contributed by atoms with Crippen LogP contribution < -0.4 is 10.2 Å². The number of aromatic nitrogens is 1. The van der Waals surface area contributed by atoms with Crippen LogP contribution >= 0.6 is 0 Å². The third-order valence-electron chi connectivity index (χ3n) is 4.78. The highest BCUT2D eigenvalue weighted by atomic mass is 16.2. The fourth-order valence-electron chi connectivity index (χ4n) is 3.13. The first-order valence-corrected chi connectivity index (χ1v) is 9.36. The number of pyridine rings is 1. The van der Waals surface area contributed by atoms with Gasteiger partial charge in [-0.1, -0.05) is 32.0 Å². The van der Waals surface area contributed by atoms with Crippen molar-refractivity contribution in [3.63, 3.8) is 0 Å². The molecule has 1 aromatic carbocycles. The molecule has 27 heavy (non-hydrogen) atoms. The van der Waals surface area contributed by atoms with E-state index in [1.165, 1.54) is 5.56 Å². The van der Waals surface area contributed by atoms with E-state index in [4.69, 9.17) is 0 Å². The van der Waals surface area contributed by atoms with Gasteiger partial charge in [0.1, 0.15) is 12.2 Å². The number of anilines is 2. The Balaban J connectivity index is 1.47. The van der Waals surface area contributed by atoms with E-state index in [-0.39, 0.29) is 18.2 Å². The molecule has 1 N–H and O–H groups in total. The summed E-state index contributed by atoms with van der Waals surface area (Å²) in [4.78, 5) is 32.9. The summed E-state index contributed by atoms with van der Waals surface area (Å²) in [6.07, 6.45) is 1.64. The molecule has 3 rings (SSSR count). The molecule has 2 aromatic rings. The number of nitrogens with one attached hydrogen (secondary N) is 1. The molecule has 2 amide bonds. The minimum Gasteiger partial charge on any atom is -0.353 e. The van der Waals surface area contributed by atoms with Crippen LogP contribution in [-0.2, 0) is 9.59 Å². The molecule has 0 aliphatic carbocycles. The van der Waals surface area contributed by atoms with E-state index in [1.54, 1.807) is 11.1 Å². The lowest BCUT2D eigenvalue weighted by atomic mass is 10.0. The first-order chi connectivity index (χ1) is 13.0. The van der Waals surface area contributed by atoms with Crippen LogP contribution in [0.3, 0.4) is 0 Å². The Hall–Kier alpha value is -2.89. The maximum absolute atomic E-state index is 12.4. The minimum atomic E-state index is -0.274. The summed E-state index contributed by atoms with van der Waals surface area (Å²) >= 11 is 0. The average Bonchev–Trinajstić information content (AvgIpc) is 2.69. The minimum absolute atomic E-state index is 0.129. The van der Waals surface area contributed by atoms with Crippen LogP contribution in [-0.4, -0.2) is 47.9 Å². The fraction of sp³-hybridized carbons (Fsp3) is 0.381. The summed E-state index contributed by atoms with van der Waals surface area (Å²) in [6, 6.07) is 13.6. The van der Waals surface area contributed by atoms with Crippen molar-refractivity contribution < 1.29 is 9.59 Å². The van der Waals surface area contributed by atoms with Gasteiger partial charge in [-0.2, -0.15) is 0 Å². The van der Waals surface area contributed by atoms with E-state index in [1.807, 2.05) is 42.5 Å². The Morgan fingerprint density at radius 3 is 2.33 bits per heavy atom. The summed E-state index contributed by atoms with van der Waals surface area (Å²) in [5.41, 5.74) is 1.94. The van der Waals surface area contributed by atoms with Crippen LogP contribution in [0.4, 0.5) is 11.5 Å². The third kappa shape index (κ3) is 5.06. The molecule has 1 saturated heterocycles. The van der Waals surface area contributed by atoms with Crippen LogP contribution in [0.5, 0.6) is 0 Å². The Labute approximate surface area is 160 Å². The smallest absolute Gasteiger partial charge is 0.233 e. The zero-order valence-corrected chi connectivity index (χ0v) is 15.9. The number of piperazine rings is 1. The highest BCUT2D eigenvalue weighted by molar-refractivity contribution is 6.03. The van der Waals surface area contributed by atoms with Gasteiger partial charge in [-0.3, -0.25) is 9.59 Å². The summed E-state index contributed by atoms with van der Waals surface area (Å²) in [5, 5.41) is 2.81. The lowest BCUT2D eigenvalue weighted by Gasteiger charge is -2.35. The molecule has 0 bridgehead atoms. The van der Waals surface area contributed by atoms with Gasteiger partial charge in [-0.15, -0.1) is 0 Å². The molecule has 0 unspecified atom stereocenters. The molecule has 1 aliphatic heterocycles. The second-order valence-corrected chi connectivity index (χ2v) is 7.06. The van der Waals surface area contributed by atoms with Gasteiger partial charge in [-0.25, -0.2) is 4.98 Å². The van der Waals surface area contributed by atoms with Gasteiger partial charge in [0.15, 0.2) is 0 Å². The number of hydrogen-bond donors (Lipinski definition) is 1. The van der Waals surface area contributed by atoms with Crippen molar-refractivity contribution in [2.24, 2.45) is 0 Å². The summed E-state index contributed by atoms with van der Waals surface area (Å²) in [7, 11) is 0. The fourth-order valence-corrected chi connectivity index (χ4v) is 3.13. The predicted molar refractivity (Wildman–Crippen MR) is 107 cm³/mol. The summed E-state index contributed by atoms with van der Waals surface area (Å²) < 4.78 is 0. The molecule has 0 radical (unpaired) electrons. The van der Waals surface area contributed by atoms with Gasteiger partial charge in [0.2, 0.25) is 11.8 Å². The molecule has 1 fully saturated rings. The van der Waals surface area contributed by atoms with E-state index < -0.39 is 0 Å². The standard InChI is InChI=1S/C21H26N4O2/c1-16(2)17-6-8-18(9-7-17)23-20(26)15-21(27)25-13-11-24(12-14-25)19-5-3-4-10-22-19/h3-10,16H,11-15H2,1-2H3,(H,23,26). The van der Waals surface area contributed by atoms with Crippen LogP contribution in [0.2, 0.25) is 0 Å². The van der Waals surface area contributed by atoms with E-state index in [9.17, 15) is 9.59 Å². The first kappa shape index (κ1) is 18.9. The van der Waals surface area contributed by atoms with E-state index in [0.29, 0.717) is 19.0 Å². The molecular weight excluding hydrogens is 340 g/mol. The van der Waals surface area contributed by atoms with Gasteiger partial charge < -0.3 is 15.1 Å². The highest BCUT2D eigenvalue weighted by Crippen LogP contribution is 2.17. The zero-order valence-electron chi connectivity index (χ0n) is 15.9. The molecule has 0 atom stereocenters. The molecule has 6 heteroatoms. The maximum atomic E-state index is 12.4. The van der Waals surface area contributed by atoms with Gasteiger partial charge >= 0.3 is 0 Å². The van der Waals surface area contributed by atoms with Crippen molar-refractivity contribution in [3.05, 3.63) is 54.2 Å². The molecule has 1 aliphatic rings. The van der Waals surface area contributed by atoms with Gasteiger partial charge in [0.05, 0.1) is 0 Å². The van der Waals surface area contributed by atoms with Crippen LogP contribution in [0.1, 0.15) is 31.7 Å². The Morgan fingerprint density at radius 1 is 1.04 bits per heavy atom. The number of carbonyl (C=O) groups excluding carboxylic acids is 2. The second-order valence-electron chi connectivity index (χ2n) is 7.06. The van der Waals surface area contributed by atoms with Crippen LogP contribution in [0.25, 0.3) is 0 Å². The average molecular weight is 366 g/mol. The van der Waals surface area contributed by atoms with Crippen molar-refractivity contribution in [2.75, 3.05) is 36.4 Å². The summed E-state index contributed by atoms with van der Waals surface area (Å²) in [5.74, 6) is 0.963. The second kappa shape index (κ2) is 8.66. The van der Waals surface area contributed by atoms with Crippen molar-refractivity contribution >= 4 is 23.3 Å². The number of hydrogen-bond acceptors (Lipinski definition) is 4. The summed E-state index contributed by atoms with van der Waals surface area (Å²) in [6.45, 7) is 6.90. The number of carbonyl (C=O) groups is 2. The molecule has 6 nitrogen and oxygen atoms in total. The highest BCUT2D eigenvalue weighted by Gasteiger charge is 2.23. The molecule has 0 spiro atoms. The lowest BCUT2D eigenvalue weighted by molar-refractivity contribution is -0.134. The topological polar surface area (TPSA) is 65.5 Å². The molecule has 1 aromatic heterocycles. The van der Waals surface area contributed by atoms with Crippen molar-refractivity contribution in [1.29, 1.82) is 0 Å². The molecule has 2 heterocycles. The van der Waals surface area contributed by atoms with Crippen molar-refractivity contribution in [3.8, 4) is 0 Å². The van der Waals surface area contributed by atoms with Crippen LogP contribution in [0.15, 0.2) is 48.7 Å². The Bertz CT molecular complexity index is 767. The number of nitrogens with zero attached hydrogens (tertiary/aromatic N) is 3.